The molecular formula is C15H24N2O. The summed E-state index contributed by atoms with van der Waals surface area (Å²) in [6, 6.07) is 9.05. The van der Waals surface area contributed by atoms with Gasteiger partial charge in [0, 0.05) is 6.04 Å². The van der Waals surface area contributed by atoms with Crippen LogP contribution in [0.4, 0.5) is 0 Å². The van der Waals surface area contributed by atoms with Crippen LogP contribution < -0.4 is 15.8 Å². The average Bonchev–Trinajstić information content (AvgIpc) is 2.36. The minimum Gasteiger partial charge on any atom is -0.496 e. The van der Waals surface area contributed by atoms with E-state index < -0.39 is 0 Å². The Morgan fingerprint density at radius 3 is 2.78 bits per heavy atom. The first-order chi connectivity index (χ1) is 8.85. The Balaban J connectivity index is 1.75. The minimum absolute atomic E-state index is 0.660. The second-order valence-corrected chi connectivity index (χ2v) is 5.06. The van der Waals surface area contributed by atoms with Crippen LogP contribution in [-0.4, -0.2) is 26.2 Å². The summed E-state index contributed by atoms with van der Waals surface area (Å²) in [6.07, 6.45) is 4.76. The van der Waals surface area contributed by atoms with Crippen molar-refractivity contribution >= 4 is 0 Å². The van der Waals surface area contributed by atoms with Gasteiger partial charge in [0.1, 0.15) is 5.75 Å². The molecule has 0 aromatic heterocycles. The molecule has 3 nitrogen and oxygen atoms in total. The largest absolute Gasteiger partial charge is 0.496 e. The first kappa shape index (κ1) is 13.4. The molecule has 3 N–H and O–H groups in total. The maximum Gasteiger partial charge on any atom is 0.122 e. The molecule has 0 bridgehead atoms. The number of ether oxygens (including phenoxy) is 1. The fourth-order valence-electron chi connectivity index (χ4n) is 2.62. The zero-order valence-electron chi connectivity index (χ0n) is 11.2. The average molecular weight is 248 g/mol. The zero-order chi connectivity index (χ0) is 12.8. The van der Waals surface area contributed by atoms with Crippen LogP contribution >= 0.6 is 0 Å². The van der Waals surface area contributed by atoms with Crippen molar-refractivity contribution in [2.45, 2.75) is 37.6 Å². The number of nitrogens with one attached hydrogen (secondary N) is 1. The summed E-state index contributed by atoms with van der Waals surface area (Å²) < 4.78 is 5.42. The lowest BCUT2D eigenvalue weighted by Gasteiger charge is -2.37. The smallest absolute Gasteiger partial charge is 0.122 e. The van der Waals surface area contributed by atoms with Gasteiger partial charge in [-0.25, -0.2) is 0 Å². The number of unbranched alkanes of at least 4 members (excludes halogenated alkanes) is 1. The molecule has 0 atom stereocenters. The van der Waals surface area contributed by atoms with Crippen molar-refractivity contribution in [3.63, 3.8) is 0 Å². The maximum absolute atomic E-state index is 5.48. The molecule has 1 aliphatic rings. The normalized spacial score (nSPS) is 22.6. The van der Waals surface area contributed by atoms with Crippen LogP contribution in [0, 0.1) is 0 Å². The molecule has 1 fully saturated rings. The first-order valence-electron chi connectivity index (χ1n) is 6.91. The van der Waals surface area contributed by atoms with Gasteiger partial charge in [-0.2, -0.15) is 0 Å². The number of hydrogen-bond acceptors (Lipinski definition) is 3. The van der Waals surface area contributed by atoms with E-state index in [0.29, 0.717) is 12.0 Å². The Kier molecular flexibility index (Phi) is 5.02. The van der Waals surface area contributed by atoms with Gasteiger partial charge in [0.15, 0.2) is 0 Å². The van der Waals surface area contributed by atoms with Gasteiger partial charge in [-0.15, -0.1) is 0 Å². The van der Waals surface area contributed by atoms with E-state index in [-0.39, 0.29) is 0 Å². The Bertz CT molecular complexity index is 361. The van der Waals surface area contributed by atoms with Gasteiger partial charge in [-0.1, -0.05) is 18.2 Å². The molecule has 18 heavy (non-hydrogen) atoms. The Morgan fingerprint density at radius 2 is 2.06 bits per heavy atom. The third kappa shape index (κ3) is 3.24. The van der Waals surface area contributed by atoms with E-state index in [4.69, 9.17) is 10.5 Å². The highest BCUT2D eigenvalue weighted by molar-refractivity contribution is 5.37. The third-order valence-corrected chi connectivity index (χ3v) is 3.78. The van der Waals surface area contributed by atoms with Crippen molar-refractivity contribution in [3.05, 3.63) is 29.8 Å². The van der Waals surface area contributed by atoms with Gasteiger partial charge in [0.25, 0.3) is 0 Å². The lowest BCUT2D eigenvalue weighted by molar-refractivity contribution is 0.282. The number of benzene rings is 1. The molecule has 0 heterocycles. The summed E-state index contributed by atoms with van der Waals surface area (Å²) in [6.45, 7) is 1.90. The van der Waals surface area contributed by atoms with Crippen LogP contribution in [0.15, 0.2) is 24.3 Å². The number of para-hydroxylation sites is 1. The molecule has 1 aromatic rings. The molecule has 0 unspecified atom stereocenters. The van der Waals surface area contributed by atoms with E-state index in [0.717, 1.165) is 25.3 Å². The second-order valence-electron chi connectivity index (χ2n) is 5.06. The van der Waals surface area contributed by atoms with Crippen molar-refractivity contribution in [1.82, 2.24) is 5.32 Å². The first-order valence-corrected chi connectivity index (χ1v) is 6.91. The van der Waals surface area contributed by atoms with Crippen LogP contribution in [0.1, 0.15) is 37.2 Å². The molecule has 1 saturated carbocycles. The molecule has 0 spiro atoms. The summed E-state index contributed by atoms with van der Waals surface area (Å²) in [5.74, 6) is 1.69. The molecule has 0 aliphatic heterocycles. The summed E-state index contributed by atoms with van der Waals surface area (Å²) in [5, 5.41) is 3.59. The number of nitrogens with two attached hydrogens (primary N) is 1. The summed E-state index contributed by atoms with van der Waals surface area (Å²) in [4.78, 5) is 0. The van der Waals surface area contributed by atoms with Crippen LogP contribution in [0.2, 0.25) is 0 Å². The predicted octanol–water partition coefficient (Wildman–Crippen LogP) is 2.27. The highest BCUT2D eigenvalue weighted by Crippen LogP contribution is 2.40. The van der Waals surface area contributed by atoms with Crippen molar-refractivity contribution in [1.29, 1.82) is 0 Å². The van der Waals surface area contributed by atoms with Gasteiger partial charge in [-0.3, -0.25) is 0 Å². The van der Waals surface area contributed by atoms with E-state index in [1.54, 1.807) is 7.11 Å². The molecular weight excluding hydrogens is 224 g/mol. The zero-order valence-corrected chi connectivity index (χ0v) is 11.2. The highest BCUT2D eigenvalue weighted by Gasteiger charge is 2.31. The fourth-order valence-corrected chi connectivity index (χ4v) is 2.62. The van der Waals surface area contributed by atoms with Gasteiger partial charge < -0.3 is 15.8 Å². The third-order valence-electron chi connectivity index (χ3n) is 3.78. The second kappa shape index (κ2) is 6.76. The Hall–Kier alpha value is -1.06. The van der Waals surface area contributed by atoms with E-state index in [1.165, 1.54) is 24.8 Å². The standard InChI is InChI=1S/C15H24N2O/c1-18-15-7-3-2-6-14(15)12-10-13(11-12)17-9-5-4-8-16/h2-3,6-7,12-13,17H,4-5,8-11,16H2,1H3. The van der Waals surface area contributed by atoms with Crippen molar-refractivity contribution in [3.8, 4) is 5.75 Å². The number of hydrogen-bond donors (Lipinski definition) is 2. The molecule has 2 rings (SSSR count). The van der Waals surface area contributed by atoms with Crippen LogP contribution in [0.5, 0.6) is 5.75 Å². The number of methoxy groups -OCH3 is 1. The maximum atomic E-state index is 5.48. The lowest BCUT2D eigenvalue weighted by atomic mass is 9.75. The summed E-state index contributed by atoms with van der Waals surface area (Å²) >= 11 is 0. The van der Waals surface area contributed by atoms with Crippen LogP contribution in [0.25, 0.3) is 0 Å². The minimum atomic E-state index is 0.660. The van der Waals surface area contributed by atoms with E-state index in [1.807, 2.05) is 6.07 Å². The molecule has 100 valence electrons. The monoisotopic (exact) mass is 248 g/mol. The van der Waals surface area contributed by atoms with E-state index in [9.17, 15) is 0 Å². The van der Waals surface area contributed by atoms with Crippen LogP contribution in [0.3, 0.4) is 0 Å². The lowest BCUT2D eigenvalue weighted by Crippen LogP contribution is -2.40. The molecule has 0 radical (unpaired) electrons. The van der Waals surface area contributed by atoms with Crippen molar-refractivity contribution in [2.24, 2.45) is 5.73 Å². The fraction of sp³-hybridized carbons (Fsp3) is 0.600. The summed E-state index contributed by atoms with van der Waals surface area (Å²) in [7, 11) is 1.75. The van der Waals surface area contributed by atoms with Gasteiger partial charge in [-0.05, 0) is 56.3 Å². The predicted molar refractivity (Wildman–Crippen MR) is 75.0 cm³/mol. The number of rotatable bonds is 7. The van der Waals surface area contributed by atoms with E-state index >= 15 is 0 Å². The van der Waals surface area contributed by atoms with E-state index in [2.05, 4.69) is 23.5 Å². The quantitative estimate of drug-likeness (QED) is 0.728. The highest BCUT2D eigenvalue weighted by atomic mass is 16.5. The molecule has 1 aromatic carbocycles. The van der Waals surface area contributed by atoms with Gasteiger partial charge >= 0.3 is 0 Å². The van der Waals surface area contributed by atoms with Crippen molar-refractivity contribution < 1.29 is 4.74 Å². The Morgan fingerprint density at radius 1 is 1.28 bits per heavy atom. The molecule has 3 heteroatoms. The molecule has 0 saturated heterocycles. The molecule has 0 amide bonds. The molecule has 1 aliphatic carbocycles. The van der Waals surface area contributed by atoms with Gasteiger partial charge in [0.2, 0.25) is 0 Å². The van der Waals surface area contributed by atoms with Gasteiger partial charge in [0.05, 0.1) is 7.11 Å². The van der Waals surface area contributed by atoms with Crippen molar-refractivity contribution in [2.75, 3.05) is 20.2 Å². The Labute approximate surface area is 110 Å². The topological polar surface area (TPSA) is 47.3 Å². The van der Waals surface area contributed by atoms with Crippen LogP contribution in [-0.2, 0) is 0 Å². The SMILES string of the molecule is COc1ccccc1C1CC(NCCCCN)C1. The summed E-state index contributed by atoms with van der Waals surface area (Å²) in [5.41, 5.74) is 6.84.